The van der Waals surface area contributed by atoms with E-state index in [1.165, 1.54) is 18.4 Å². The molecule has 2 aromatic rings. The average molecular weight is 499 g/mol. The van der Waals surface area contributed by atoms with Gasteiger partial charge in [0.1, 0.15) is 18.1 Å². The highest BCUT2D eigenvalue weighted by Crippen LogP contribution is 2.48. The lowest BCUT2D eigenvalue weighted by Crippen LogP contribution is -2.51. The molecule has 2 unspecified atom stereocenters. The Balaban J connectivity index is 1.68. The summed E-state index contributed by atoms with van der Waals surface area (Å²) in [5, 5.41) is 1.71. The Bertz CT molecular complexity index is 1460. The van der Waals surface area contributed by atoms with Crippen molar-refractivity contribution >= 4 is 21.5 Å². The van der Waals surface area contributed by atoms with E-state index in [0.717, 1.165) is 34.1 Å². The fraction of sp³-hybridized carbons (Fsp3) is 0.556. The third-order valence-corrected chi connectivity index (χ3v) is 9.72. The summed E-state index contributed by atoms with van der Waals surface area (Å²) in [6, 6.07) is 8.30. The van der Waals surface area contributed by atoms with Crippen LogP contribution >= 0.6 is 0 Å². The Morgan fingerprint density at radius 1 is 1.11 bits per heavy atom. The van der Waals surface area contributed by atoms with E-state index in [2.05, 4.69) is 70.3 Å². The Hall–Kier alpha value is -2.45. The molecule has 0 amide bonds. The lowest BCUT2D eigenvalue weighted by Gasteiger charge is -2.45. The first-order valence-electron chi connectivity index (χ1n) is 12.2. The maximum atomic E-state index is 12.4. The molecule has 0 aliphatic carbocycles. The quantitative estimate of drug-likeness (QED) is 0.406. The number of benzene rings is 2. The first-order chi connectivity index (χ1) is 16.2. The average Bonchev–Trinajstić information content (AvgIpc) is 2.77. The number of ether oxygens (including phenoxy) is 1. The second-order valence-electron chi connectivity index (χ2n) is 11.6. The molecule has 5 rings (SSSR count). The SMILES string of the molecule is COS(=O)(=O)CC1CC(C)(C)[N+](C)=c2cc3c(cc21)=Nc1cc2c(cc1O3)N(C)C(C)(C)CC2C. The molecular formula is C27H36N3O4S+. The van der Waals surface area contributed by atoms with Crippen LogP contribution in [0.25, 0.3) is 0 Å². The number of hydrogen-bond donors (Lipinski definition) is 0. The van der Waals surface area contributed by atoms with Crippen molar-refractivity contribution in [1.82, 2.24) is 4.58 Å². The lowest BCUT2D eigenvalue weighted by atomic mass is 9.80. The summed E-state index contributed by atoms with van der Waals surface area (Å²) >= 11 is 0. The van der Waals surface area contributed by atoms with E-state index < -0.39 is 10.1 Å². The van der Waals surface area contributed by atoms with Gasteiger partial charge in [-0.15, -0.1) is 0 Å². The van der Waals surface area contributed by atoms with Crippen molar-refractivity contribution in [3.63, 3.8) is 0 Å². The minimum absolute atomic E-state index is 0.0584. The van der Waals surface area contributed by atoms with Crippen molar-refractivity contribution < 1.29 is 17.3 Å². The zero-order valence-electron chi connectivity index (χ0n) is 22.0. The molecule has 3 aliphatic rings. The summed E-state index contributed by atoms with van der Waals surface area (Å²) in [6.45, 7) is 11.1. The standard InChI is InChI=1S/C27H36N3O4S/c1-16-13-26(2,3)29(6)22-11-24-20(9-18(16)22)28-21-10-19-17(15-35(31,32)33-8)14-27(4,5)30(7)23(19)12-25(21)34-24/h9-12,16-17H,13-15H2,1-8H3/q+1. The van der Waals surface area contributed by atoms with E-state index in [1.54, 1.807) is 0 Å². The summed E-state index contributed by atoms with van der Waals surface area (Å²) < 4.78 is 38.2. The van der Waals surface area contributed by atoms with Crippen LogP contribution in [0.3, 0.4) is 0 Å². The zero-order chi connectivity index (χ0) is 25.5. The maximum absolute atomic E-state index is 12.4. The van der Waals surface area contributed by atoms with Gasteiger partial charge in [-0.2, -0.15) is 8.42 Å². The first kappa shape index (κ1) is 24.3. The smallest absolute Gasteiger partial charge is 0.267 e. The number of rotatable bonds is 3. The van der Waals surface area contributed by atoms with Crippen molar-refractivity contribution in [2.45, 2.75) is 70.4 Å². The lowest BCUT2D eigenvalue weighted by molar-refractivity contribution is 0.290. The van der Waals surface area contributed by atoms with Crippen LogP contribution in [0.4, 0.5) is 11.4 Å². The molecule has 8 heteroatoms. The van der Waals surface area contributed by atoms with E-state index in [9.17, 15) is 8.42 Å². The highest BCUT2D eigenvalue weighted by Gasteiger charge is 2.41. The van der Waals surface area contributed by atoms with Gasteiger partial charge in [0.15, 0.2) is 17.0 Å². The van der Waals surface area contributed by atoms with Crippen molar-refractivity contribution in [2.75, 3.05) is 31.9 Å². The molecule has 2 atom stereocenters. The van der Waals surface area contributed by atoms with Crippen LogP contribution in [-0.4, -0.2) is 46.5 Å². The van der Waals surface area contributed by atoms with E-state index in [1.807, 2.05) is 12.1 Å². The van der Waals surface area contributed by atoms with Gasteiger partial charge in [-0.3, -0.25) is 4.18 Å². The molecule has 0 bridgehead atoms. The van der Waals surface area contributed by atoms with Crippen LogP contribution < -0.4 is 24.9 Å². The Kier molecular flexibility index (Phi) is 5.39. The fourth-order valence-corrected chi connectivity index (χ4v) is 6.92. The largest absolute Gasteiger partial charge is 0.452 e. The minimum Gasteiger partial charge on any atom is -0.452 e. The van der Waals surface area contributed by atoms with Gasteiger partial charge in [0.05, 0.1) is 18.9 Å². The molecular weight excluding hydrogens is 462 g/mol. The summed E-state index contributed by atoms with van der Waals surface area (Å²) in [4.78, 5) is 7.33. The van der Waals surface area contributed by atoms with Crippen molar-refractivity contribution in [1.29, 1.82) is 0 Å². The van der Waals surface area contributed by atoms with E-state index in [-0.39, 0.29) is 22.7 Å². The summed E-state index contributed by atoms with van der Waals surface area (Å²) in [5.41, 5.74) is 4.10. The van der Waals surface area contributed by atoms with E-state index in [4.69, 9.17) is 13.9 Å². The van der Waals surface area contributed by atoms with Crippen LogP contribution in [0.15, 0.2) is 29.3 Å². The van der Waals surface area contributed by atoms with E-state index in [0.29, 0.717) is 18.1 Å². The second kappa shape index (κ2) is 7.77. The molecule has 0 fully saturated rings. The third kappa shape index (κ3) is 3.95. The molecule has 0 aromatic heterocycles. The van der Waals surface area contributed by atoms with Crippen LogP contribution in [0.5, 0.6) is 11.5 Å². The van der Waals surface area contributed by atoms with Crippen molar-refractivity contribution in [3.8, 4) is 11.5 Å². The number of anilines is 1. The van der Waals surface area contributed by atoms with Gasteiger partial charge in [-0.05, 0) is 57.7 Å². The molecule has 0 spiro atoms. The topological polar surface area (TPSA) is 71.2 Å². The van der Waals surface area contributed by atoms with Crippen LogP contribution in [0, 0.1) is 0 Å². The Morgan fingerprint density at radius 2 is 1.83 bits per heavy atom. The molecule has 3 heterocycles. The summed E-state index contributed by atoms with van der Waals surface area (Å²) in [7, 11) is 1.81. The van der Waals surface area contributed by atoms with Gasteiger partial charge in [0.25, 0.3) is 10.1 Å². The fourth-order valence-electron chi connectivity index (χ4n) is 6.00. The molecule has 7 nitrogen and oxygen atoms in total. The van der Waals surface area contributed by atoms with Crippen molar-refractivity contribution in [2.24, 2.45) is 4.99 Å². The van der Waals surface area contributed by atoms with Crippen LogP contribution in [0.1, 0.15) is 70.4 Å². The molecule has 2 aromatic carbocycles. The van der Waals surface area contributed by atoms with Gasteiger partial charge >= 0.3 is 0 Å². The molecule has 0 radical (unpaired) electrons. The molecule has 0 N–H and O–H groups in total. The van der Waals surface area contributed by atoms with Gasteiger partial charge in [0, 0.05) is 42.2 Å². The molecule has 3 aliphatic heterocycles. The second-order valence-corrected chi connectivity index (χ2v) is 13.4. The molecule has 0 saturated heterocycles. The third-order valence-electron chi connectivity index (χ3n) is 8.40. The van der Waals surface area contributed by atoms with Gasteiger partial charge in [0.2, 0.25) is 5.36 Å². The first-order valence-corrected chi connectivity index (χ1v) is 13.8. The van der Waals surface area contributed by atoms with Gasteiger partial charge in [-0.1, -0.05) is 6.92 Å². The number of fused-ring (bicyclic) bond motifs is 4. The summed E-state index contributed by atoms with van der Waals surface area (Å²) in [6.07, 6.45) is 1.76. The minimum atomic E-state index is -3.62. The number of hydrogen-bond acceptors (Lipinski definition) is 6. The highest BCUT2D eigenvalue weighted by atomic mass is 32.2. The molecule has 0 saturated carbocycles. The van der Waals surface area contributed by atoms with Gasteiger partial charge in [-0.25, -0.2) is 9.57 Å². The van der Waals surface area contributed by atoms with Crippen LogP contribution in [0.2, 0.25) is 0 Å². The molecule has 35 heavy (non-hydrogen) atoms. The Labute approximate surface area is 208 Å². The van der Waals surface area contributed by atoms with E-state index >= 15 is 0 Å². The normalized spacial score (nSPS) is 23.9. The van der Waals surface area contributed by atoms with Gasteiger partial charge < -0.3 is 9.64 Å². The monoisotopic (exact) mass is 498 g/mol. The predicted molar refractivity (Wildman–Crippen MR) is 138 cm³/mol. The maximum Gasteiger partial charge on any atom is 0.267 e. The highest BCUT2D eigenvalue weighted by molar-refractivity contribution is 7.86. The van der Waals surface area contributed by atoms with Crippen molar-refractivity contribution in [3.05, 3.63) is 46.1 Å². The molecule has 188 valence electrons. The predicted octanol–water partition coefficient (Wildman–Crippen LogP) is 3.83. The van der Waals surface area contributed by atoms with Crippen LogP contribution in [-0.2, 0) is 14.3 Å². The zero-order valence-corrected chi connectivity index (χ0v) is 22.8. The Morgan fingerprint density at radius 3 is 2.51 bits per heavy atom. The summed E-state index contributed by atoms with van der Waals surface area (Å²) in [5.74, 6) is 1.62. The number of nitrogens with zero attached hydrogens (tertiary/aromatic N) is 3.